The molecule has 80 valence electrons. The lowest BCUT2D eigenvalue weighted by molar-refractivity contribution is -0.117. The molecule has 0 fully saturated rings. The largest absolute Gasteiger partial charge is 0.300 e. The number of rotatable bonds is 3. The highest BCUT2D eigenvalue weighted by atomic mass is 16.1. The first-order valence-electron chi connectivity index (χ1n) is 5.59. The first-order chi connectivity index (χ1) is 6.43. The third kappa shape index (κ3) is 2.70. The molecule has 0 radical (unpaired) electrons. The predicted molar refractivity (Wildman–Crippen MR) is 60.2 cm³/mol. The van der Waals surface area contributed by atoms with Gasteiger partial charge in [0.25, 0.3) is 0 Å². The molecular formula is C13H22O. The van der Waals surface area contributed by atoms with Crippen molar-refractivity contribution >= 4 is 5.78 Å². The average Bonchev–Trinajstić information content (AvgIpc) is 2.01. The molecule has 0 saturated carbocycles. The van der Waals surface area contributed by atoms with Crippen molar-refractivity contribution in [1.29, 1.82) is 0 Å². The molecule has 1 nitrogen and oxygen atoms in total. The number of Topliss-reactive ketones (excluding diaryl/α,β-unsaturated/α-hetero) is 1. The van der Waals surface area contributed by atoms with Crippen LogP contribution in [0.4, 0.5) is 0 Å². The van der Waals surface area contributed by atoms with E-state index in [0.717, 1.165) is 12.8 Å². The number of allylic oxidation sites excluding steroid dienone is 2. The maximum Gasteiger partial charge on any atom is 0.129 e. The Kier molecular flexibility index (Phi) is 3.52. The fourth-order valence-electron chi connectivity index (χ4n) is 2.57. The number of carbonyl (C=O) groups excluding carboxylic acids is 1. The zero-order valence-electron chi connectivity index (χ0n) is 9.89. The van der Waals surface area contributed by atoms with Crippen LogP contribution in [0.15, 0.2) is 11.6 Å². The first kappa shape index (κ1) is 11.5. The van der Waals surface area contributed by atoms with Gasteiger partial charge in [-0.1, -0.05) is 25.5 Å². The van der Waals surface area contributed by atoms with Crippen LogP contribution < -0.4 is 0 Å². The number of hydrogen-bond donors (Lipinski definition) is 0. The van der Waals surface area contributed by atoms with E-state index in [1.54, 1.807) is 6.92 Å². The molecule has 0 aromatic rings. The van der Waals surface area contributed by atoms with E-state index in [0.29, 0.717) is 17.1 Å². The molecule has 0 heterocycles. The summed E-state index contributed by atoms with van der Waals surface area (Å²) in [5.74, 6) is 0.930. The maximum absolute atomic E-state index is 11.0. The number of carbonyl (C=O) groups is 1. The van der Waals surface area contributed by atoms with E-state index in [1.165, 1.54) is 18.4 Å². The van der Waals surface area contributed by atoms with Gasteiger partial charge in [-0.3, -0.25) is 0 Å². The van der Waals surface area contributed by atoms with Crippen molar-refractivity contribution < 1.29 is 4.79 Å². The van der Waals surface area contributed by atoms with Crippen molar-refractivity contribution in [3.05, 3.63) is 11.6 Å². The van der Waals surface area contributed by atoms with Crippen molar-refractivity contribution in [1.82, 2.24) is 0 Å². The molecule has 1 aliphatic rings. The first-order valence-corrected chi connectivity index (χ1v) is 5.59. The molecule has 0 aromatic carbocycles. The summed E-state index contributed by atoms with van der Waals surface area (Å²) in [5.41, 5.74) is 1.87. The quantitative estimate of drug-likeness (QED) is 0.625. The minimum absolute atomic E-state index is 0.319. The Labute approximate surface area is 87.6 Å². The summed E-state index contributed by atoms with van der Waals surface area (Å²) in [6, 6.07) is 0. The summed E-state index contributed by atoms with van der Waals surface area (Å²) >= 11 is 0. The van der Waals surface area contributed by atoms with Crippen molar-refractivity contribution in [2.24, 2.45) is 11.3 Å². The van der Waals surface area contributed by atoms with Gasteiger partial charge in [-0.25, -0.2) is 0 Å². The lowest BCUT2D eigenvalue weighted by Crippen LogP contribution is -2.28. The van der Waals surface area contributed by atoms with Crippen LogP contribution in [0.25, 0.3) is 0 Å². The molecule has 1 atom stereocenters. The van der Waals surface area contributed by atoms with Crippen LogP contribution in [-0.4, -0.2) is 5.78 Å². The van der Waals surface area contributed by atoms with Gasteiger partial charge in [0, 0.05) is 6.42 Å². The zero-order valence-corrected chi connectivity index (χ0v) is 9.89. The van der Waals surface area contributed by atoms with E-state index in [9.17, 15) is 4.79 Å². The van der Waals surface area contributed by atoms with Crippen LogP contribution >= 0.6 is 0 Å². The van der Waals surface area contributed by atoms with Crippen molar-refractivity contribution in [2.45, 2.75) is 53.4 Å². The fourth-order valence-corrected chi connectivity index (χ4v) is 2.57. The van der Waals surface area contributed by atoms with Gasteiger partial charge in [0.15, 0.2) is 0 Å². The molecule has 1 rings (SSSR count). The normalized spacial score (nSPS) is 25.7. The Balaban J connectivity index is 2.66. The summed E-state index contributed by atoms with van der Waals surface area (Å²) in [5, 5.41) is 0. The molecule has 0 N–H and O–H groups in total. The molecule has 0 amide bonds. The van der Waals surface area contributed by atoms with Gasteiger partial charge in [-0.05, 0) is 44.4 Å². The standard InChI is InChI=1S/C13H22O/c1-10-6-5-9-13(3,4)12(10)8-7-11(2)14/h6,12H,5,7-9H2,1-4H3. The second-order valence-electron chi connectivity index (χ2n) is 5.27. The molecule has 1 heteroatoms. The van der Waals surface area contributed by atoms with Crippen LogP contribution in [0.5, 0.6) is 0 Å². The predicted octanol–water partition coefficient (Wildman–Crippen LogP) is 3.74. The van der Waals surface area contributed by atoms with E-state index in [4.69, 9.17) is 0 Å². The SMILES string of the molecule is CC(=O)CCC1C(C)=CCCC1(C)C. The van der Waals surface area contributed by atoms with Gasteiger partial charge >= 0.3 is 0 Å². The molecule has 0 saturated heterocycles. The molecule has 0 spiro atoms. The van der Waals surface area contributed by atoms with E-state index in [1.807, 2.05) is 0 Å². The molecule has 0 aromatic heterocycles. The second kappa shape index (κ2) is 4.29. The van der Waals surface area contributed by atoms with Gasteiger partial charge < -0.3 is 4.79 Å². The molecule has 14 heavy (non-hydrogen) atoms. The third-order valence-corrected chi connectivity index (χ3v) is 3.53. The Bertz CT molecular complexity index is 248. The summed E-state index contributed by atoms with van der Waals surface area (Å²) in [7, 11) is 0. The van der Waals surface area contributed by atoms with E-state index in [2.05, 4.69) is 26.8 Å². The van der Waals surface area contributed by atoms with Crippen molar-refractivity contribution in [3.8, 4) is 0 Å². The Morgan fingerprint density at radius 1 is 1.57 bits per heavy atom. The van der Waals surface area contributed by atoms with Crippen molar-refractivity contribution in [2.75, 3.05) is 0 Å². The number of ketones is 1. The highest BCUT2D eigenvalue weighted by Gasteiger charge is 2.32. The van der Waals surface area contributed by atoms with E-state index in [-0.39, 0.29) is 0 Å². The molecule has 1 aliphatic carbocycles. The van der Waals surface area contributed by atoms with Crippen LogP contribution in [0.2, 0.25) is 0 Å². The van der Waals surface area contributed by atoms with Crippen LogP contribution in [0, 0.1) is 11.3 Å². The monoisotopic (exact) mass is 194 g/mol. The topological polar surface area (TPSA) is 17.1 Å². The minimum atomic E-state index is 0.319. The van der Waals surface area contributed by atoms with Crippen LogP contribution in [0.3, 0.4) is 0 Å². The van der Waals surface area contributed by atoms with Gasteiger partial charge in [-0.15, -0.1) is 0 Å². The lowest BCUT2D eigenvalue weighted by atomic mass is 9.67. The van der Waals surface area contributed by atoms with Gasteiger partial charge in [-0.2, -0.15) is 0 Å². The van der Waals surface area contributed by atoms with Crippen LogP contribution in [-0.2, 0) is 4.79 Å². The van der Waals surface area contributed by atoms with E-state index >= 15 is 0 Å². The Morgan fingerprint density at radius 2 is 2.21 bits per heavy atom. The molecule has 0 aliphatic heterocycles. The summed E-state index contributed by atoms with van der Waals surface area (Å²) in [6.45, 7) is 8.56. The smallest absolute Gasteiger partial charge is 0.129 e. The average molecular weight is 194 g/mol. The summed E-state index contributed by atoms with van der Waals surface area (Å²) in [6.07, 6.45) is 6.57. The summed E-state index contributed by atoms with van der Waals surface area (Å²) in [4.78, 5) is 11.0. The Morgan fingerprint density at radius 3 is 2.71 bits per heavy atom. The van der Waals surface area contributed by atoms with Gasteiger partial charge in [0.2, 0.25) is 0 Å². The zero-order chi connectivity index (χ0) is 10.8. The summed E-state index contributed by atoms with van der Waals surface area (Å²) < 4.78 is 0. The van der Waals surface area contributed by atoms with Gasteiger partial charge in [0.05, 0.1) is 0 Å². The van der Waals surface area contributed by atoms with E-state index < -0.39 is 0 Å². The van der Waals surface area contributed by atoms with Crippen LogP contribution in [0.1, 0.15) is 53.4 Å². The minimum Gasteiger partial charge on any atom is -0.300 e. The van der Waals surface area contributed by atoms with Crippen molar-refractivity contribution in [3.63, 3.8) is 0 Å². The lowest BCUT2D eigenvalue weighted by Gasteiger charge is -2.38. The molecule has 0 bridgehead atoms. The van der Waals surface area contributed by atoms with Gasteiger partial charge in [0.1, 0.15) is 5.78 Å². The second-order valence-corrected chi connectivity index (χ2v) is 5.27. The molecular weight excluding hydrogens is 172 g/mol. The third-order valence-electron chi connectivity index (χ3n) is 3.53. The number of hydrogen-bond acceptors (Lipinski definition) is 1. The highest BCUT2D eigenvalue weighted by molar-refractivity contribution is 5.75. The fraction of sp³-hybridized carbons (Fsp3) is 0.769. The molecule has 1 unspecified atom stereocenters. The maximum atomic E-state index is 11.0. The Hall–Kier alpha value is -0.590. The highest BCUT2D eigenvalue weighted by Crippen LogP contribution is 2.43.